The summed E-state index contributed by atoms with van der Waals surface area (Å²) in [6.07, 6.45) is 1.46. The normalized spacial score (nSPS) is 11.4. The van der Waals surface area contributed by atoms with Gasteiger partial charge in [-0.2, -0.15) is 9.71 Å². The van der Waals surface area contributed by atoms with Crippen molar-refractivity contribution >= 4 is 23.2 Å². The molecule has 3 rings (SSSR count). The van der Waals surface area contributed by atoms with Crippen molar-refractivity contribution in [3.63, 3.8) is 0 Å². The Morgan fingerprint density at radius 3 is 2.33 bits per heavy atom. The van der Waals surface area contributed by atoms with Crippen LogP contribution >= 0.6 is 0 Å². The average Bonchev–Trinajstić information content (AvgIpc) is 2.61. The highest BCUT2D eigenvalue weighted by Gasteiger charge is 2.06. The topological polar surface area (TPSA) is 106 Å². The fourth-order valence-corrected chi connectivity index (χ4v) is 2.86. The molecule has 2 aromatic carbocycles. The minimum absolute atomic E-state index is 0.200. The third kappa shape index (κ3) is 4.14. The number of rotatable bonds is 4. The summed E-state index contributed by atoms with van der Waals surface area (Å²) in [4.78, 5) is 20.1. The molecule has 3 aromatic rings. The number of amides is 1. The van der Waals surface area contributed by atoms with Crippen LogP contribution in [0.1, 0.15) is 27.0 Å². The summed E-state index contributed by atoms with van der Waals surface area (Å²) in [5.41, 5.74) is 10.9. The lowest BCUT2D eigenvalue weighted by molar-refractivity contribution is 0.100. The Kier molecular flexibility index (Phi) is 4.94. The zero-order chi connectivity index (χ0) is 19.6. The van der Waals surface area contributed by atoms with Crippen molar-refractivity contribution in [3.05, 3.63) is 76.4 Å². The first-order valence-electron chi connectivity index (χ1n) is 8.42. The number of aryl methyl sites for hydroxylation is 3. The Hall–Kier alpha value is -3.61. The molecule has 0 radical (unpaired) electrons. The zero-order valence-corrected chi connectivity index (χ0v) is 15.4. The van der Waals surface area contributed by atoms with Gasteiger partial charge in [-0.05, 0) is 56.2 Å². The predicted molar refractivity (Wildman–Crippen MR) is 104 cm³/mol. The van der Waals surface area contributed by atoms with E-state index >= 15 is 0 Å². The molecule has 138 valence electrons. The van der Waals surface area contributed by atoms with E-state index in [1.165, 1.54) is 11.8 Å². The zero-order valence-electron chi connectivity index (χ0n) is 15.4. The average molecular weight is 363 g/mol. The maximum absolute atomic E-state index is 11.2. The summed E-state index contributed by atoms with van der Waals surface area (Å²) in [5.74, 6) is -0.299. The Morgan fingerprint density at radius 1 is 1.11 bits per heavy atom. The fraction of sp³-hybridized carbons (Fsp3) is 0.150. The van der Waals surface area contributed by atoms with E-state index in [0.29, 0.717) is 16.7 Å². The number of nitrogens with zero attached hydrogens (tertiary/aromatic N) is 3. The predicted octanol–water partition coefficient (Wildman–Crippen LogP) is 3.12. The number of benzene rings is 2. The summed E-state index contributed by atoms with van der Waals surface area (Å²) in [5, 5.41) is 13.0. The van der Waals surface area contributed by atoms with Gasteiger partial charge in [0.25, 0.3) is 0 Å². The minimum atomic E-state index is -0.499. The molecular weight excluding hydrogens is 342 g/mol. The third-order valence-electron chi connectivity index (χ3n) is 4.09. The molecule has 0 unspecified atom stereocenters. The summed E-state index contributed by atoms with van der Waals surface area (Å²) >= 11 is 0. The van der Waals surface area contributed by atoms with Gasteiger partial charge in [0, 0.05) is 17.3 Å². The van der Waals surface area contributed by atoms with Crippen molar-refractivity contribution in [2.75, 3.05) is 5.32 Å². The number of carbonyl (C=O) groups is 1. The van der Waals surface area contributed by atoms with Gasteiger partial charge in [0.05, 0.1) is 11.9 Å². The number of anilines is 2. The second-order valence-electron chi connectivity index (χ2n) is 6.38. The van der Waals surface area contributed by atoms with Crippen LogP contribution in [0.2, 0.25) is 0 Å². The largest absolute Gasteiger partial charge is 0.426 e. The highest BCUT2D eigenvalue weighted by Crippen LogP contribution is 2.24. The summed E-state index contributed by atoms with van der Waals surface area (Å²) in [6, 6.07) is 12.3. The van der Waals surface area contributed by atoms with E-state index in [4.69, 9.17) is 5.73 Å². The molecule has 0 aliphatic heterocycles. The van der Waals surface area contributed by atoms with Crippen LogP contribution in [-0.2, 0) is 0 Å². The molecule has 4 N–H and O–H groups in total. The molecule has 27 heavy (non-hydrogen) atoms. The van der Waals surface area contributed by atoms with Crippen LogP contribution in [0.3, 0.4) is 0 Å². The second kappa shape index (κ2) is 7.33. The molecule has 0 saturated heterocycles. The molecule has 1 heterocycles. The molecule has 0 atom stereocenters. The molecule has 7 heteroatoms. The molecule has 0 bridgehead atoms. The van der Waals surface area contributed by atoms with Crippen molar-refractivity contribution in [2.45, 2.75) is 20.8 Å². The molecule has 7 nitrogen and oxygen atoms in total. The van der Waals surface area contributed by atoms with Crippen LogP contribution in [-0.4, -0.2) is 20.8 Å². The molecule has 1 aromatic heterocycles. The first kappa shape index (κ1) is 18.2. The molecule has 1 amide bonds. The van der Waals surface area contributed by atoms with Gasteiger partial charge in [-0.1, -0.05) is 17.7 Å². The van der Waals surface area contributed by atoms with Gasteiger partial charge in [-0.15, -0.1) is 0 Å². The van der Waals surface area contributed by atoms with E-state index in [1.54, 1.807) is 30.3 Å². The highest BCUT2D eigenvalue weighted by molar-refractivity contribution is 5.93. The van der Waals surface area contributed by atoms with Gasteiger partial charge in [-0.25, -0.2) is 4.99 Å². The van der Waals surface area contributed by atoms with E-state index in [0.717, 1.165) is 21.5 Å². The molecule has 0 saturated carbocycles. The highest BCUT2D eigenvalue weighted by atomic mass is 16.5. The van der Waals surface area contributed by atoms with E-state index < -0.39 is 5.91 Å². The van der Waals surface area contributed by atoms with E-state index in [2.05, 4.69) is 27.4 Å². The quantitative estimate of drug-likeness (QED) is 0.619. The van der Waals surface area contributed by atoms with Crippen LogP contribution < -0.4 is 16.5 Å². The number of nitrogens with two attached hydrogens (primary N) is 1. The lowest BCUT2D eigenvalue weighted by atomic mass is 10.1. The molecule has 0 aliphatic rings. The van der Waals surface area contributed by atoms with Crippen LogP contribution in [0.4, 0.5) is 17.3 Å². The van der Waals surface area contributed by atoms with Gasteiger partial charge in [0.2, 0.25) is 11.9 Å². The van der Waals surface area contributed by atoms with Crippen LogP contribution in [0.15, 0.2) is 53.7 Å². The Bertz CT molecular complexity index is 1050. The number of primary amides is 1. The SMILES string of the molecule is Cc1cc(C)c(N=c2ccn(O)c(Nc3ccc(C(N)=O)cc3)n2)c(C)c1. The molecular formula is C20H21N5O2. The Balaban J connectivity index is 1.96. The third-order valence-corrected chi connectivity index (χ3v) is 4.09. The minimum Gasteiger partial charge on any atom is -0.426 e. The standard InChI is InChI=1S/C20H21N5O2/c1-12-10-13(2)18(14(3)11-12)23-17-8-9-25(27)20(24-17)22-16-6-4-15(5-7-16)19(21)26/h4-11,27H,1-3H3,(H2,21,26)(H,22,23,24). The second-order valence-corrected chi connectivity index (χ2v) is 6.38. The van der Waals surface area contributed by atoms with Gasteiger partial charge in [0.1, 0.15) is 0 Å². The van der Waals surface area contributed by atoms with Crippen molar-refractivity contribution in [2.24, 2.45) is 10.7 Å². The summed E-state index contributed by atoms with van der Waals surface area (Å²) < 4.78 is 0.871. The van der Waals surface area contributed by atoms with Gasteiger partial charge < -0.3 is 16.3 Å². The van der Waals surface area contributed by atoms with Crippen LogP contribution in [0, 0.1) is 20.8 Å². The van der Waals surface area contributed by atoms with Crippen molar-refractivity contribution < 1.29 is 10.0 Å². The smallest absolute Gasteiger partial charge is 0.248 e. The Labute approximate surface area is 156 Å². The molecule has 0 aliphatic carbocycles. The maximum atomic E-state index is 11.2. The monoisotopic (exact) mass is 363 g/mol. The van der Waals surface area contributed by atoms with Crippen molar-refractivity contribution in [3.8, 4) is 0 Å². The number of aromatic nitrogens is 2. The van der Waals surface area contributed by atoms with Crippen LogP contribution in [0.5, 0.6) is 0 Å². The van der Waals surface area contributed by atoms with E-state index in [9.17, 15) is 10.0 Å². The van der Waals surface area contributed by atoms with E-state index in [1.807, 2.05) is 20.8 Å². The maximum Gasteiger partial charge on any atom is 0.248 e. The first-order chi connectivity index (χ1) is 12.8. The van der Waals surface area contributed by atoms with E-state index in [-0.39, 0.29) is 5.95 Å². The van der Waals surface area contributed by atoms with Gasteiger partial charge in [-0.3, -0.25) is 4.79 Å². The number of carbonyl (C=O) groups excluding carboxylic acids is 1. The van der Waals surface area contributed by atoms with Crippen molar-refractivity contribution in [1.82, 2.24) is 9.71 Å². The first-order valence-corrected chi connectivity index (χ1v) is 8.42. The van der Waals surface area contributed by atoms with Gasteiger partial charge >= 0.3 is 0 Å². The molecule has 0 spiro atoms. The van der Waals surface area contributed by atoms with Gasteiger partial charge in [0.15, 0.2) is 5.49 Å². The fourth-order valence-electron chi connectivity index (χ4n) is 2.86. The van der Waals surface area contributed by atoms with Crippen LogP contribution in [0.25, 0.3) is 0 Å². The number of hydrogen-bond donors (Lipinski definition) is 3. The Morgan fingerprint density at radius 2 is 1.74 bits per heavy atom. The van der Waals surface area contributed by atoms with Crippen molar-refractivity contribution in [1.29, 1.82) is 0 Å². The lowest BCUT2D eigenvalue weighted by Crippen LogP contribution is -2.15. The number of hydrogen-bond acceptors (Lipinski definition) is 5. The summed E-state index contributed by atoms with van der Waals surface area (Å²) in [7, 11) is 0. The lowest BCUT2D eigenvalue weighted by Gasteiger charge is -2.10. The number of nitrogens with one attached hydrogen (secondary N) is 1. The summed E-state index contributed by atoms with van der Waals surface area (Å²) in [6.45, 7) is 6.06. The molecule has 0 fully saturated rings.